The van der Waals surface area contributed by atoms with Crippen LogP contribution in [0.25, 0.3) is 28.0 Å². The smallest absolute Gasteiger partial charge is 0.339 e. The molecule has 0 aromatic heterocycles. The molecule has 0 atom stereocenters. The highest BCUT2D eigenvalue weighted by molar-refractivity contribution is 6.14. The van der Waals surface area contributed by atoms with Gasteiger partial charge in [0.2, 0.25) is 5.91 Å². The minimum absolute atomic E-state index is 0.185. The summed E-state index contributed by atoms with van der Waals surface area (Å²) in [4.78, 5) is 25.4. The SMILES string of the molecule is COC(=O)c1c2c(c3ccccc3c1-c1cccc(NC(C)=O)c1)OC(c1ccc(OC)cc1)(c1ccc(OC)cc1)C=C2. The maximum absolute atomic E-state index is 13.6. The monoisotopic (exact) mass is 585 g/mol. The van der Waals surface area contributed by atoms with Gasteiger partial charge in [0.25, 0.3) is 0 Å². The second kappa shape index (κ2) is 11.6. The Morgan fingerprint density at radius 3 is 1.93 bits per heavy atom. The predicted octanol–water partition coefficient (Wildman–Crippen LogP) is 7.62. The Morgan fingerprint density at radius 1 is 0.750 bits per heavy atom. The van der Waals surface area contributed by atoms with Gasteiger partial charge in [0.05, 0.1) is 26.9 Å². The summed E-state index contributed by atoms with van der Waals surface area (Å²) >= 11 is 0. The molecule has 0 saturated carbocycles. The third kappa shape index (κ3) is 4.92. The van der Waals surface area contributed by atoms with Crippen LogP contribution in [0.15, 0.2) is 103 Å². The van der Waals surface area contributed by atoms with Crippen molar-refractivity contribution < 1.29 is 28.5 Å². The van der Waals surface area contributed by atoms with Crippen molar-refractivity contribution in [2.45, 2.75) is 12.5 Å². The number of esters is 1. The van der Waals surface area contributed by atoms with Crippen LogP contribution in [0, 0.1) is 0 Å². The van der Waals surface area contributed by atoms with Gasteiger partial charge in [-0.15, -0.1) is 0 Å². The molecule has 220 valence electrons. The number of nitrogens with one attached hydrogen (secondary N) is 1. The number of benzene rings is 5. The Bertz CT molecular complexity index is 1860. The highest BCUT2D eigenvalue weighted by atomic mass is 16.5. The largest absolute Gasteiger partial charge is 0.497 e. The summed E-state index contributed by atoms with van der Waals surface area (Å²) in [6.07, 6.45) is 3.91. The van der Waals surface area contributed by atoms with Gasteiger partial charge in [-0.25, -0.2) is 4.79 Å². The van der Waals surface area contributed by atoms with Crippen molar-refractivity contribution in [2.75, 3.05) is 26.6 Å². The van der Waals surface area contributed by atoms with E-state index >= 15 is 0 Å². The summed E-state index contributed by atoms with van der Waals surface area (Å²) in [6.45, 7) is 1.46. The molecular weight excluding hydrogens is 554 g/mol. The minimum Gasteiger partial charge on any atom is -0.497 e. The number of anilines is 1. The maximum atomic E-state index is 13.6. The topological polar surface area (TPSA) is 83.1 Å². The molecule has 6 rings (SSSR count). The third-order valence-corrected chi connectivity index (χ3v) is 7.85. The molecule has 7 heteroatoms. The molecule has 0 saturated heterocycles. The highest BCUT2D eigenvalue weighted by Crippen LogP contribution is 2.50. The summed E-state index contributed by atoms with van der Waals surface area (Å²) in [5.74, 6) is 1.32. The van der Waals surface area contributed by atoms with E-state index in [-0.39, 0.29) is 5.91 Å². The van der Waals surface area contributed by atoms with Gasteiger partial charge in [0, 0.05) is 40.3 Å². The maximum Gasteiger partial charge on any atom is 0.339 e. The first-order valence-corrected chi connectivity index (χ1v) is 14.1. The standard InChI is InChI=1S/C37H31NO6/c1-23(39)38-27-9-7-8-24(22-27)33-30-10-5-6-11-31(30)35-32(34(33)36(40)43-4)20-21-37(44-35,25-12-16-28(41-2)17-13-25)26-14-18-29(42-3)19-15-26/h5-22H,1-4H3,(H,38,39). The summed E-state index contributed by atoms with van der Waals surface area (Å²) in [5, 5.41) is 4.47. The van der Waals surface area contributed by atoms with Crippen molar-refractivity contribution in [2.24, 2.45) is 0 Å². The molecule has 0 aliphatic carbocycles. The predicted molar refractivity (Wildman–Crippen MR) is 171 cm³/mol. The number of rotatable bonds is 7. The van der Waals surface area contributed by atoms with Gasteiger partial charge in [0.15, 0.2) is 5.60 Å². The van der Waals surface area contributed by atoms with Crippen LogP contribution in [0.4, 0.5) is 5.69 Å². The van der Waals surface area contributed by atoms with Gasteiger partial charge < -0.3 is 24.3 Å². The lowest BCUT2D eigenvalue weighted by Crippen LogP contribution is -2.34. The molecule has 5 aromatic carbocycles. The van der Waals surface area contributed by atoms with E-state index in [9.17, 15) is 9.59 Å². The number of carbonyl (C=O) groups excluding carboxylic acids is 2. The molecule has 1 heterocycles. The fourth-order valence-corrected chi connectivity index (χ4v) is 5.82. The Labute approximate surface area is 255 Å². The third-order valence-electron chi connectivity index (χ3n) is 7.85. The summed E-state index contributed by atoms with van der Waals surface area (Å²) in [7, 11) is 4.63. The molecule has 1 aliphatic rings. The van der Waals surface area contributed by atoms with E-state index in [1.165, 1.54) is 14.0 Å². The number of amides is 1. The first-order chi connectivity index (χ1) is 21.4. The fourth-order valence-electron chi connectivity index (χ4n) is 5.82. The van der Waals surface area contributed by atoms with E-state index in [1.807, 2.05) is 109 Å². The Morgan fingerprint density at radius 2 is 1.36 bits per heavy atom. The molecule has 7 nitrogen and oxygen atoms in total. The van der Waals surface area contributed by atoms with Gasteiger partial charge in [-0.1, -0.05) is 60.7 Å². The van der Waals surface area contributed by atoms with Crippen LogP contribution in [-0.2, 0) is 15.1 Å². The lowest BCUT2D eigenvalue weighted by molar-refractivity contribution is -0.114. The lowest BCUT2D eigenvalue weighted by atomic mass is 9.81. The number of fused-ring (bicyclic) bond motifs is 3. The van der Waals surface area contributed by atoms with Crippen molar-refractivity contribution in [3.8, 4) is 28.4 Å². The van der Waals surface area contributed by atoms with Crippen LogP contribution in [0.5, 0.6) is 17.2 Å². The Kier molecular flexibility index (Phi) is 7.53. The molecule has 0 unspecified atom stereocenters. The Hall–Kier alpha value is -5.56. The average Bonchev–Trinajstić information content (AvgIpc) is 3.07. The average molecular weight is 586 g/mol. The number of carbonyl (C=O) groups is 2. The van der Waals surface area contributed by atoms with E-state index in [4.69, 9.17) is 18.9 Å². The zero-order valence-corrected chi connectivity index (χ0v) is 24.8. The molecule has 44 heavy (non-hydrogen) atoms. The Balaban J connectivity index is 1.64. The molecule has 0 radical (unpaired) electrons. The summed E-state index contributed by atoms with van der Waals surface area (Å²) in [5.41, 5.74) is 3.76. The van der Waals surface area contributed by atoms with E-state index in [0.29, 0.717) is 28.1 Å². The number of hydrogen-bond acceptors (Lipinski definition) is 6. The molecule has 5 aromatic rings. The first kappa shape index (κ1) is 28.6. The number of hydrogen-bond donors (Lipinski definition) is 1. The normalized spacial score (nSPS) is 13.0. The van der Waals surface area contributed by atoms with Crippen molar-refractivity contribution in [1.82, 2.24) is 0 Å². The highest BCUT2D eigenvalue weighted by Gasteiger charge is 2.40. The van der Waals surface area contributed by atoms with Crippen LogP contribution in [0.1, 0.15) is 34.0 Å². The fraction of sp³-hybridized carbons (Fsp3) is 0.135. The zero-order chi connectivity index (χ0) is 30.8. The van der Waals surface area contributed by atoms with Crippen LogP contribution in [0.3, 0.4) is 0 Å². The number of ether oxygens (including phenoxy) is 4. The minimum atomic E-state index is -1.03. The molecule has 1 amide bonds. The summed E-state index contributed by atoms with van der Waals surface area (Å²) < 4.78 is 23.3. The molecule has 0 spiro atoms. The van der Waals surface area contributed by atoms with Crippen molar-refractivity contribution >= 4 is 34.4 Å². The zero-order valence-electron chi connectivity index (χ0n) is 24.8. The second-order valence-electron chi connectivity index (χ2n) is 10.4. The van der Waals surface area contributed by atoms with Crippen molar-refractivity contribution in [1.29, 1.82) is 0 Å². The quantitative estimate of drug-likeness (QED) is 0.198. The molecule has 0 fully saturated rings. The van der Waals surface area contributed by atoms with Crippen LogP contribution in [0.2, 0.25) is 0 Å². The second-order valence-corrected chi connectivity index (χ2v) is 10.4. The van der Waals surface area contributed by atoms with Gasteiger partial charge in [-0.3, -0.25) is 4.79 Å². The van der Waals surface area contributed by atoms with Gasteiger partial charge >= 0.3 is 5.97 Å². The van der Waals surface area contributed by atoms with Gasteiger partial charge in [-0.05, 0) is 59.5 Å². The molecule has 1 N–H and O–H groups in total. The number of methoxy groups -OCH3 is 3. The first-order valence-electron chi connectivity index (χ1n) is 14.1. The van der Waals surface area contributed by atoms with Gasteiger partial charge in [-0.2, -0.15) is 0 Å². The van der Waals surface area contributed by atoms with E-state index in [2.05, 4.69) is 5.32 Å². The molecule has 1 aliphatic heterocycles. The van der Waals surface area contributed by atoms with E-state index in [1.54, 1.807) is 14.2 Å². The van der Waals surface area contributed by atoms with E-state index < -0.39 is 11.6 Å². The summed E-state index contributed by atoms with van der Waals surface area (Å²) in [6, 6.07) is 30.8. The van der Waals surface area contributed by atoms with Crippen LogP contribution < -0.4 is 19.5 Å². The van der Waals surface area contributed by atoms with Crippen molar-refractivity contribution in [3.05, 3.63) is 125 Å². The van der Waals surface area contributed by atoms with E-state index in [0.717, 1.165) is 39.0 Å². The van der Waals surface area contributed by atoms with Crippen LogP contribution >= 0.6 is 0 Å². The molecular formula is C37H31NO6. The van der Waals surface area contributed by atoms with Crippen LogP contribution in [-0.4, -0.2) is 33.2 Å². The van der Waals surface area contributed by atoms with Crippen molar-refractivity contribution in [3.63, 3.8) is 0 Å². The van der Waals surface area contributed by atoms with Gasteiger partial charge in [0.1, 0.15) is 17.2 Å². The molecule has 0 bridgehead atoms. The lowest BCUT2D eigenvalue weighted by Gasteiger charge is -2.37.